The van der Waals surface area contributed by atoms with E-state index in [9.17, 15) is 4.79 Å². The molecule has 0 saturated heterocycles. The lowest BCUT2D eigenvalue weighted by molar-refractivity contribution is -0.134. The van der Waals surface area contributed by atoms with Gasteiger partial charge in [-0.05, 0) is 48.1 Å². The molecule has 0 spiro atoms. The fraction of sp³-hybridized carbons (Fsp3) is 0.308. The predicted molar refractivity (Wildman–Crippen MR) is 63.8 cm³/mol. The molecule has 0 radical (unpaired) electrons. The zero-order valence-corrected chi connectivity index (χ0v) is 9.32. The van der Waals surface area contributed by atoms with Crippen LogP contribution in [0, 0.1) is 0 Å². The highest BCUT2D eigenvalue weighted by atomic mass is 16.5. The molecule has 0 amide bonds. The molecule has 0 heterocycles. The van der Waals surface area contributed by atoms with Crippen LogP contribution in [0.1, 0.15) is 24.0 Å². The number of nitrogen functional groups attached to an aromatic ring is 1. The number of ether oxygens (including phenoxy) is 1. The van der Waals surface area contributed by atoms with E-state index < -0.39 is 0 Å². The molecule has 16 heavy (non-hydrogen) atoms. The van der Waals surface area contributed by atoms with E-state index in [2.05, 4.69) is 4.74 Å². The van der Waals surface area contributed by atoms with Crippen molar-refractivity contribution in [2.24, 2.45) is 0 Å². The molecule has 0 bridgehead atoms. The summed E-state index contributed by atoms with van der Waals surface area (Å²) < 4.78 is 4.65. The summed E-state index contributed by atoms with van der Waals surface area (Å²) in [6, 6.07) is 5.87. The minimum Gasteiger partial charge on any atom is -0.466 e. The van der Waals surface area contributed by atoms with Gasteiger partial charge in [0.2, 0.25) is 0 Å². The van der Waals surface area contributed by atoms with Crippen LogP contribution in [-0.4, -0.2) is 13.1 Å². The maximum atomic E-state index is 11.2. The van der Waals surface area contributed by atoms with E-state index in [1.807, 2.05) is 18.2 Å². The zero-order valence-electron chi connectivity index (χ0n) is 9.32. The lowest BCUT2D eigenvalue weighted by atomic mass is 9.87. The largest absolute Gasteiger partial charge is 0.466 e. The third-order valence-electron chi connectivity index (χ3n) is 2.87. The van der Waals surface area contributed by atoms with Crippen molar-refractivity contribution in [3.63, 3.8) is 0 Å². The molecule has 3 heteroatoms. The molecule has 2 N–H and O–H groups in total. The number of hydrogen-bond acceptors (Lipinski definition) is 3. The minimum atomic E-state index is -0.301. The number of carbonyl (C=O) groups excluding carboxylic acids is 1. The van der Waals surface area contributed by atoms with Crippen molar-refractivity contribution in [3.8, 4) is 0 Å². The van der Waals surface area contributed by atoms with Crippen LogP contribution in [0.3, 0.4) is 0 Å². The van der Waals surface area contributed by atoms with Crippen LogP contribution in [0.4, 0.5) is 5.69 Å². The first-order chi connectivity index (χ1) is 7.70. The van der Waals surface area contributed by atoms with E-state index in [4.69, 9.17) is 5.73 Å². The number of fused-ring (bicyclic) bond motifs is 1. The molecule has 3 nitrogen and oxygen atoms in total. The zero-order chi connectivity index (χ0) is 11.5. The Morgan fingerprint density at radius 1 is 1.44 bits per heavy atom. The van der Waals surface area contributed by atoms with Crippen LogP contribution in [0.5, 0.6) is 0 Å². The average Bonchev–Trinajstić information content (AvgIpc) is 2.29. The smallest absolute Gasteiger partial charge is 0.330 e. The second kappa shape index (κ2) is 4.39. The first-order valence-corrected chi connectivity index (χ1v) is 5.38. The van der Waals surface area contributed by atoms with Gasteiger partial charge in [0.15, 0.2) is 0 Å². The molecule has 1 aliphatic carbocycles. The van der Waals surface area contributed by atoms with Crippen LogP contribution in [0.25, 0.3) is 5.57 Å². The number of methoxy groups -OCH3 is 1. The highest BCUT2D eigenvalue weighted by Crippen LogP contribution is 2.31. The van der Waals surface area contributed by atoms with E-state index in [0.717, 1.165) is 36.1 Å². The Labute approximate surface area is 94.9 Å². The second-order valence-electron chi connectivity index (χ2n) is 3.96. The third kappa shape index (κ3) is 2.08. The molecular weight excluding hydrogens is 202 g/mol. The topological polar surface area (TPSA) is 52.3 Å². The van der Waals surface area contributed by atoms with Gasteiger partial charge in [0.25, 0.3) is 0 Å². The number of benzene rings is 1. The Kier molecular flexibility index (Phi) is 2.95. The van der Waals surface area contributed by atoms with Gasteiger partial charge < -0.3 is 10.5 Å². The Morgan fingerprint density at radius 2 is 2.25 bits per heavy atom. The predicted octanol–water partition coefficient (Wildman–Crippen LogP) is 2.16. The molecule has 1 aromatic rings. The monoisotopic (exact) mass is 217 g/mol. The molecular formula is C13H15NO2. The van der Waals surface area contributed by atoms with Crippen LogP contribution >= 0.6 is 0 Å². The van der Waals surface area contributed by atoms with Crippen LogP contribution < -0.4 is 5.73 Å². The summed E-state index contributed by atoms with van der Waals surface area (Å²) in [7, 11) is 1.39. The lowest BCUT2D eigenvalue weighted by Gasteiger charge is -2.19. The van der Waals surface area contributed by atoms with Crippen LogP contribution in [0.15, 0.2) is 24.3 Å². The Bertz CT molecular complexity index is 449. The number of esters is 1. The summed E-state index contributed by atoms with van der Waals surface area (Å²) in [4.78, 5) is 11.2. The highest BCUT2D eigenvalue weighted by Gasteiger charge is 2.15. The van der Waals surface area contributed by atoms with Crippen molar-refractivity contribution in [2.75, 3.05) is 12.8 Å². The first-order valence-electron chi connectivity index (χ1n) is 5.38. The summed E-state index contributed by atoms with van der Waals surface area (Å²) in [6.07, 6.45) is 4.59. The highest BCUT2D eigenvalue weighted by molar-refractivity contribution is 5.92. The molecule has 0 fully saturated rings. The molecule has 0 aliphatic heterocycles. The molecule has 0 atom stereocenters. The van der Waals surface area contributed by atoms with Crippen molar-refractivity contribution >= 4 is 17.2 Å². The van der Waals surface area contributed by atoms with E-state index in [0.29, 0.717) is 0 Å². The van der Waals surface area contributed by atoms with Crippen molar-refractivity contribution in [3.05, 3.63) is 35.4 Å². The fourth-order valence-corrected chi connectivity index (χ4v) is 2.07. The fourth-order valence-electron chi connectivity index (χ4n) is 2.07. The molecule has 0 unspecified atom stereocenters. The average molecular weight is 217 g/mol. The van der Waals surface area contributed by atoms with E-state index >= 15 is 0 Å². The van der Waals surface area contributed by atoms with Gasteiger partial charge in [-0.1, -0.05) is 6.07 Å². The second-order valence-corrected chi connectivity index (χ2v) is 3.96. The van der Waals surface area contributed by atoms with Crippen molar-refractivity contribution in [2.45, 2.75) is 19.3 Å². The summed E-state index contributed by atoms with van der Waals surface area (Å²) >= 11 is 0. The number of allylic oxidation sites excluding steroid dienone is 1. The van der Waals surface area contributed by atoms with Crippen molar-refractivity contribution < 1.29 is 9.53 Å². The number of rotatable bonds is 1. The van der Waals surface area contributed by atoms with E-state index in [1.54, 1.807) is 6.08 Å². The molecule has 2 rings (SSSR count). The van der Waals surface area contributed by atoms with E-state index in [1.165, 1.54) is 12.7 Å². The normalized spacial score (nSPS) is 16.9. The van der Waals surface area contributed by atoms with E-state index in [-0.39, 0.29) is 5.97 Å². The van der Waals surface area contributed by atoms with Gasteiger partial charge in [-0.3, -0.25) is 0 Å². The number of aryl methyl sites for hydroxylation is 1. The third-order valence-corrected chi connectivity index (χ3v) is 2.87. The molecule has 0 saturated carbocycles. The van der Waals surface area contributed by atoms with Gasteiger partial charge in [-0.15, -0.1) is 0 Å². The standard InChI is InChI=1S/C13H15NO2/c1-16-13(15)7-10-4-2-3-9-5-6-11(14)8-12(9)10/h5-8H,2-4,14H2,1H3/b10-7-. The molecule has 0 aromatic heterocycles. The maximum absolute atomic E-state index is 11.2. The van der Waals surface area contributed by atoms with Gasteiger partial charge in [0, 0.05) is 11.8 Å². The van der Waals surface area contributed by atoms with Gasteiger partial charge in [-0.2, -0.15) is 0 Å². The number of hydrogen-bond donors (Lipinski definition) is 1. The van der Waals surface area contributed by atoms with Crippen molar-refractivity contribution in [1.29, 1.82) is 0 Å². The lowest BCUT2D eigenvalue weighted by Crippen LogP contribution is -2.05. The van der Waals surface area contributed by atoms with Gasteiger partial charge in [0.1, 0.15) is 0 Å². The number of anilines is 1. The summed E-state index contributed by atoms with van der Waals surface area (Å²) in [5, 5.41) is 0. The van der Waals surface area contributed by atoms with Crippen LogP contribution in [0.2, 0.25) is 0 Å². The van der Waals surface area contributed by atoms with Gasteiger partial charge >= 0.3 is 5.97 Å². The van der Waals surface area contributed by atoms with Crippen molar-refractivity contribution in [1.82, 2.24) is 0 Å². The molecule has 1 aliphatic rings. The van der Waals surface area contributed by atoms with Crippen LogP contribution in [-0.2, 0) is 16.0 Å². The summed E-state index contributed by atoms with van der Waals surface area (Å²) in [5.74, 6) is -0.301. The first kappa shape index (κ1) is 10.7. The van der Waals surface area contributed by atoms with Gasteiger partial charge in [-0.25, -0.2) is 4.79 Å². The molecule has 1 aromatic carbocycles. The number of nitrogens with two attached hydrogens (primary N) is 1. The Balaban J connectivity index is 2.43. The minimum absolute atomic E-state index is 0.301. The maximum Gasteiger partial charge on any atom is 0.330 e. The summed E-state index contributed by atoms with van der Waals surface area (Å²) in [5.41, 5.74) is 9.88. The Hall–Kier alpha value is -1.77. The molecule has 84 valence electrons. The van der Waals surface area contributed by atoms with Gasteiger partial charge in [0.05, 0.1) is 7.11 Å². The summed E-state index contributed by atoms with van der Waals surface area (Å²) in [6.45, 7) is 0. The number of carbonyl (C=O) groups is 1. The SMILES string of the molecule is COC(=O)/C=C1/CCCc2ccc(N)cc21. The quantitative estimate of drug-likeness (QED) is 0.445. The Morgan fingerprint density at radius 3 is 3.00 bits per heavy atom.